The van der Waals surface area contributed by atoms with Crippen LogP contribution in [-0.2, 0) is 16.0 Å². The second kappa shape index (κ2) is 6.00. The summed E-state index contributed by atoms with van der Waals surface area (Å²) < 4.78 is 0. The van der Waals surface area contributed by atoms with Crippen LogP contribution in [0.5, 0.6) is 0 Å². The molecular weight excluding hydrogens is 232 g/mol. The third-order valence-corrected chi connectivity index (χ3v) is 2.45. The van der Waals surface area contributed by atoms with Gasteiger partial charge in [0.1, 0.15) is 0 Å². The first-order valence-electron chi connectivity index (χ1n) is 5.68. The Bertz CT molecular complexity index is 428. The van der Waals surface area contributed by atoms with Crippen molar-refractivity contribution in [2.24, 2.45) is 5.73 Å². The molecule has 1 heterocycles. The molecule has 0 fully saturated rings. The van der Waals surface area contributed by atoms with Gasteiger partial charge in [-0.1, -0.05) is 0 Å². The van der Waals surface area contributed by atoms with Gasteiger partial charge in [-0.25, -0.2) is 0 Å². The Labute approximate surface area is 106 Å². The highest BCUT2D eigenvalue weighted by Crippen LogP contribution is 2.06. The standard InChI is InChI=1S/C12H18N4O2/c1-8(2)16(7-11(14)17)12(18)5-10-4-3-9(13)6-15-10/h3-4,6,8H,5,7,13H2,1-2H3,(H2,14,17). The molecule has 6 heteroatoms. The number of hydrogen-bond acceptors (Lipinski definition) is 4. The lowest BCUT2D eigenvalue weighted by Crippen LogP contribution is -2.43. The molecule has 1 rings (SSSR count). The summed E-state index contributed by atoms with van der Waals surface area (Å²) in [4.78, 5) is 28.4. The van der Waals surface area contributed by atoms with Crippen LogP contribution in [0, 0.1) is 0 Å². The van der Waals surface area contributed by atoms with E-state index in [4.69, 9.17) is 11.5 Å². The maximum absolute atomic E-state index is 12.0. The molecule has 2 amide bonds. The summed E-state index contributed by atoms with van der Waals surface area (Å²) in [7, 11) is 0. The number of aromatic nitrogens is 1. The summed E-state index contributed by atoms with van der Waals surface area (Å²) in [5.74, 6) is -0.705. The van der Waals surface area contributed by atoms with Crippen molar-refractivity contribution in [3.63, 3.8) is 0 Å². The van der Waals surface area contributed by atoms with Crippen molar-refractivity contribution in [2.45, 2.75) is 26.3 Å². The van der Waals surface area contributed by atoms with Gasteiger partial charge in [0.15, 0.2) is 0 Å². The molecule has 0 aliphatic rings. The van der Waals surface area contributed by atoms with E-state index in [1.54, 1.807) is 12.1 Å². The van der Waals surface area contributed by atoms with E-state index in [-0.39, 0.29) is 24.9 Å². The van der Waals surface area contributed by atoms with Gasteiger partial charge in [0.05, 0.1) is 24.8 Å². The lowest BCUT2D eigenvalue weighted by atomic mass is 10.2. The minimum atomic E-state index is -0.526. The number of nitrogens with two attached hydrogens (primary N) is 2. The summed E-state index contributed by atoms with van der Waals surface area (Å²) in [5.41, 5.74) is 11.8. The smallest absolute Gasteiger partial charge is 0.237 e. The van der Waals surface area contributed by atoms with E-state index in [1.165, 1.54) is 11.1 Å². The Morgan fingerprint density at radius 3 is 2.50 bits per heavy atom. The number of pyridine rings is 1. The van der Waals surface area contributed by atoms with Crippen LogP contribution in [0.2, 0.25) is 0 Å². The minimum Gasteiger partial charge on any atom is -0.397 e. The van der Waals surface area contributed by atoms with E-state index in [2.05, 4.69) is 4.98 Å². The number of anilines is 1. The maximum Gasteiger partial charge on any atom is 0.237 e. The number of carbonyl (C=O) groups excluding carboxylic acids is 2. The topological polar surface area (TPSA) is 102 Å². The molecule has 0 aromatic carbocycles. The monoisotopic (exact) mass is 250 g/mol. The summed E-state index contributed by atoms with van der Waals surface area (Å²) in [6.45, 7) is 3.58. The van der Waals surface area contributed by atoms with Gasteiger partial charge in [-0.05, 0) is 26.0 Å². The molecule has 0 bridgehead atoms. The second-order valence-electron chi connectivity index (χ2n) is 4.34. The largest absolute Gasteiger partial charge is 0.397 e. The fraction of sp³-hybridized carbons (Fsp3) is 0.417. The summed E-state index contributed by atoms with van der Waals surface area (Å²) in [6, 6.07) is 3.29. The third kappa shape index (κ3) is 4.04. The summed E-state index contributed by atoms with van der Waals surface area (Å²) in [6.07, 6.45) is 1.63. The fourth-order valence-electron chi connectivity index (χ4n) is 1.52. The van der Waals surface area contributed by atoms with Gasteiger partial charge in [-0.2, -0.15) is 0 Å². The van der Waals surface area contributed by atoms with Crippen molar-refractivity contribution in [3.8, 4) is 0 Å². The van der Waals surface area contributed by atoms with E-state index in [1.807, 2.05) is 13.8 Å². The van der Waals surface area contributed by atoms with Crippen molar-refractivity contribution in [3.05, 3.63) is 24.0 Å². The van der Waals surface area contributed by atoms with Crippen LogP contribution in [-0.4, -0.2) is 34.3 Å². The molecule has 98 valence electrons. The highest BCUT2D eigenvalue weighted by molar-refractivity contribution is 5.85. The van der Waals surface area contributed by atoms with Crippen LogP contribution in [0.3, 0.4) is 0 Å². The van der Waals surface area contributed by atoms with E-state index < -0.39 is 5.91 Å². The molecule has 0 spiro atoms. The highest BCUT2D eigenvalue weighted by Gasteiger charge is 2.19. The Kier molecular flexibility index (Phi) is 4.65. The Morgan fingerprint density at radius 2 is 2.06 bits per heavy atom. The van der Waals surface area contributed by atoms with E-state index >= 15 is 0 Å². The molecule has 1 aromatic rings. The van der Waals surface area contributed by atoms with E-state index in [9.17, 15) is 9.59 Å². The molecule has 4 N–H and O–H groups in total. The third-order valence-electron chi connectivity index (χ3n) is 2.45. The van der Waals surface area contributed by atoms with Gasteiger partial charge in [0.2, 0.25) is 11.8 Å². The molecule has 0 radical (unpaired) electrons. The molecule has 0 saturated carbocycles. The number of amides is 2. The fourth-order valence-corrected chi connectivity index (χ4v) is 1.52. The SMILES string of the molecule is CC(C)N(CC(N)=O)C(=O)Cc1ccc(N)cn1. The van der Waals surface area contributed by atoms with Crippen LogP contribution in [0.15, 0.2) is 18.3 Å². The van der Waals surface area contributed by atoms with Crippen molar-refractivity contribution < 1.29 is 9.59 Å². The first kappa shape index (κ1) is 14.0. The molecule has 0 atom stereocenters. The molecule has 1 aromatic heterocycles. The number of carbonyl (C=O) groups is 2. The first-order chi connectivity index (χ1) is 8.40. The predicted molar refractivity (Wildman–Crippen MR) is 68.4 cm³/mol. The van der Waals surface area contributed by atoms with Gasteiger partial charge in [0.25, 0.3) is 0 Å². The van der Waals surface area contributed by atoms with Crippen molar-refractivity contribution in [2.75, 3.05) is 12.3 Å². The lowest BCUT2D eigenvalue weighted by Gasteiger charge is -2.25. The van der Waals surface area contributed by atoms with Gasteiger partial charge >= 0.3 is 0 Å². The Balaban J connectivity index is 2.72. The predicted octanol–water partition coefficient (Wildman–Crippen LogP) is -0.0714. The van der Waals surface area contributed by atoms with E-state index in [0.29, 0.717) is 11.4 Å². The van der Waals surface area contributed by atoms with Crippen LogP contribution in [0.25, 0.3) is 0 Å². The summed E-state index contributed by atoms with van der Waals surface area (Å²) in [5, 5.41) is 0. The second-order valence-corrected chi connectivity index (χ2v) is 4.34. The van der Waals surface area contributed by atoms with Crippen molar-refractivity contribution in [1.82, 2.24) is 9.88 Å². The van der Waals surface area contributed by atoms with Crippen LogP contribution >= 0.6 is 0 Å². The van der Waals surface area contributed by atoms with Crippen LogP contribution < -0.4 is 11.5 Å². The number of primary amides is 1. The van der Waals surface area contributed by atoms with Crippen LogP contribution in [0.1, 0.15) is 19.5 Å². The van der Waals surface area contributed by atoms with Crippen molar-refractivity contribution >= 4 is 17.5 Å². The van der Waals surface area contributed by atoms with Crippen LogP contribution in [0.4, 0.5) is 5.69 Å². The first-order valence-corrected chi connectivity index (χ1v) is 5.68. The van der Waals surface area contributed by atoms with Gasteiger partial charge < -0.3 is 16.4 Å². The summed E-state index contributed by atoms with van der Waals surface area (Å²) >= 11 is 0. The molecule has 0 aliphatic carbocycles. The average molecular weight is 250 g/mol. The van der Waals surface area contributed by atoms with Crippen molar-refractivity contribution in [1.29, 1.82) is 0 Å². The quantitative estimate of drug-likeness (QED) is 0.763. The molecule has 0 aliphatic heterocycles. The number of nitrogens with zero attached hydrogens (tertiary/aromatic N) is 2. The van der Waals surface area contributed by atoms with Gasteiger partial charge in [-0.3, -0.25) is 14.6 Å². The molecule has 0 saturated heterocycles. The highest BCUT2D eigenvalue weighted by atomic mass is 16.2. The number of hydrogen-bond donors (Lipinski definition) is 2. The molecule has 18 heavy (non-hydrogen) atoms. The minimum absolute atomic E-state index is 0.0779. The zero-order valence-corrected chi connectivity index (χ0v) is 10.6. The average Bonchev–Trinajstić information content (AvgIpc) is 2.28. The molecule has 6 nitrogen and oxygen atoms in total. The molecule has 0 unspecified atom stereocenters. The Hall–Kier alpha value is -2.11. The van der Waals surface area contributed by atoms with E-state index in [0.717, 1.165) is 0 Å². The zero-order chi connectivity index (χ0) is 13.7. The van der Waals surface area contributed by atoms with Gasteiger partial charge in [-0.15, -0.1) is 0 Å². The maximum atomic E-state index is 12.0. The number of rotatable bonds is 5. The lowest BCUT2D eigenvalue weighted by molar-refractivity contribution is -0.136. The van der Waals surface area contributed by atoms with Gasteiger partial charge in [0, 0.05) is 11.7 Å². The number of nitrogen functional groups attached to an aromatic ring is 1. The Morgan fingerprint density at radius 1 is 1.39 bits per heavy atom. The zero-order valence-electron chi connectivity index (χ0n) is 10.6. The normalized spacial score (nSPS) is 10.4. The molecular formula is C12H18N4O2.